The molecule has 0 aromatic heterocycles. The summed E-state index contributed by atoms with van der Waals surface area (Å²) in [6.45, 7) is 4.38. The summed E-state index contributed by atoms with van der Waals surface area (Å²) in [7, 11) is 0. The van der Waals surface area contributed by atoms with Gasteiger partial charge >= 0.3 is 0 Å². The summed E-state index contributed by atoms with van der Waals surface area (Å²) in [6, 6.07) is 1.07. The average molecular weight is 265 g/mol. The number of fused-ring (bicyclic) bond motifs is 1. The molecule has 1 N–H and O–H groups in total. The van der Waals surface area contributed by atoms with Crippen LogP contribution < -0.4 is 5.32 Å². The van der Waals surface area contributed by atoms with E-state index in [4.69, 9.17) is 0 Å². The van der Waals surface area contributed by atoms with Crippen LogP contribution in [0, 0.1) is 23.0 Å². The van der Waals surface area contributed by atoms with E-state index < -0.39 is 0 Å². The summed E-state index contributed by atoms with van der Waals surface area (Å²) in [6.07, 6.45) is 10.1. The minimum absolute atomic E-state index is 0.326. The second kappa shape index (κ2) is 6.11. The summed E-state index contributed by atoms with van der Waals surface area (Å²) in [5.41, 5.74) is 0. The van der Waals surface area contributed by atoms with Crippen molar-refractivity contribution in [1.29, 1.82) is 0 Å². The highest BCUT2D eigenvalue weighted by Gasteiger charge is 2.38. The Bertz CT molecular complexity index is 296. The molecule has 3 aliphatic rings. The normalized spacial score (nSPS) is 44.8. The van der Waals surface area contributed by atoms with E-state index in [-0.39, 0.29) is 0 Å². The maximum Gasteiger partial charge on any atom is 0.0100 e. The zero-order chi connectivity index (χ0) is 13.2. The van der Waals surface area contributed by atoms with E-state index in [2.05, 4.69) is 12.2 Å². The Kier molecular flexibility index (Phi) is 4.45. The Balaban J connectivity index is 1.63. The van der Waals surface area contributed by atoms with Crippen molar-refractivity contribution in [3.05, 3.63) is 5.21 Å². The van der Waals surface area contributed by atoms with E-state index >= 15 is 0 Å². The van der Waals surface area contributed by atoms with Crippen LogP contribution in [0.4, 0.5) is 0 Å². The van der Waals surface area contributed by atoms with Gasteiger partial charge in [-0.15, -0.1) is 0 Å². The Morgan fingerprint density at radius 2 is 2.05 bits per heavy atom. The molecule has 1 aliphatic carbocycles. The fourth-order valence-corrected chi connectivity index (χ4v) is 4.85. The summed E-state index contributed by atoms with van der Waals surface area (Å²) in [5.74, 6) is 2.47. The Hall–Kier alpha value is -0.120. The molecule has 2 saturated heterocycles. The SMILES string of the molecule is C[C@H]1C[C@H](CC2CCCCN2[O-])[C@@H]2CCCN[C@H]2C1. The quantitative estimate of drug-likeness (QED) is 0.833. The first-order valence-electron chi connectivity index (χ1n) is 8.41. The van der Waals surface area contributed by atoms with Gasteiger partial charge in [0, 0.05) is 6.04 Å². The lowest BCUT2D eigenvalue weighted by atomic mass is 9.66. The third kappa shape index (κ3) is 3.14. The first-order valence-corrected chi connectivity index (χ1v) is 8.41. The molecule has 1 saturated carbocycles. The lowest BCUT2D eigenvalue weighted by Gasteiger charge is -2.48. The van der Waals surface area contributed by atoms with Gasteiger partial charge in [-0.05, 0) is 81.8 Å². The second-order valence-corrected chi connectivity index (χ2v) is 7.23. The minimum atomic E-state index is 0.326. The topological polar surface area (TPSA) is 38.3 Å². The highest BCUT2D eigenvalue weighted by Crippen LogP contribution is 2.41. The van der Waals surface area contributed by atoms with Gasteiger partial charge in [0.2, 0.25) is 0 Å². The number of nitrogens with one attached hydrogen (secondary N) is 1. The molecule has 3 heteroatoms. The lowest BCUT2D eigenvalue weighted by Crippen LogP contribution is -2.50. The van der Waals surface area contributed by atoms with E-state index in [1.54, 1.807) is 0 Å². The monoisotopic (exact) mass is 265 g/mol. The van der Waals surface area contributed by atoms with Gasteiger partial charge in [0.25, 0.3) is 0 Å². The number of hydroxylamine groups is 2. The van der Waals surface area contributed by atoms with Crippen LogP contribution in [0.5, 0.6) is 0 Å². The number of hydrogen-bond donors (Lipinski definition) is 1. The molecule has 0 bridgehead atoms. The van der Waals surface area contributed by atoms with Crippen LogP contribution in [0.15, 0.2) is 0 Å². The van der Waals surface area contributed by atoms with Gasteiger partial charge in [0.05, 0.1) is 0 Å². The molecule has 110 valence electrons. The molecular formula is C16H29N2O-. The molecule has 5 atom stereocenters. The first-order chi connectivity index (χ1) is 9.24. The second-order valence-electron chi connectivity index (χ2n) is 7.23. The Morgan fingerprint density at radius 3 is 2.89 bits per heavy atom. The van der Waals surface area contributed by atoms with Gasteiger partial charge in [0.15, 0.2) is 0 Å². The summed E-state index contributed by atoms with van der Waals surface area (Å²) in [4.78, 5) is 0. The molecule has 0 spiro atoms. The predicted octanol–water partition coefficient (Wildman–Crippen LogP) is 3.14. The Morgan fingerprint density at radius 1 is 1.16 bits per heavy atom. The van der Waals surface area contributed by atoms with Gasteiger partial charge in [0.1, 0.15) is 0 Å². The van der Waals surface area contributed by atoms with Crippen LogP contribution >= 0.6 is 0 Å². The number of rotatable bonds is 2. The largest absolute Gasteiger partial charge is 0.785 e. The van der Waals surface area contributed by atoms with E-state index in [0.717, 1.165) is 49.6 Å². The zero-order valence-electron chi connectivity index (χ0n) is 12.3. The number of hydrogen-bond acceptors (Lipinski definition) is 3. The van der Waals surface area contributed by atoms with E-state index in [0.29, 0.717) is 6.04 Å². The standard InChI is InChI=1S/C16H29N2O/c1-12-9-13(11-14-5-2-3-8-18(14)19)15-6-4-7-17-16(15)10-12/h12-17H,2-11H2,1H3/q-1/t12-,13+,14?,15-,16-/m0/s1. The van der Waals surface area contributed by atoms with E-state index in [1.807, 2.05) is 0 Å². The fourth-order valence-electron chi connectivity index (χ4n) is 4.85. The molecular weight excluding hydrogens is 236 g/mol. The molecule has 0 radical (unpaired) electrons. The van der Waals surface area contributed by atoms with E-state index in [1.165, 1.54) is 43.7 Å². The van der Waals surface area contributed by atoms with Gasteiger partial charge in [-0.1, -0.05) is 13.3 Å². The predicted molar refractivity (Wildman–Crippen MR) is 78.7 cm³/mol. The molecule has 0 aromatic rings. The van der Waals surface area contributed by atoms with Crippen molar-refractivity contribution in [2.75, 3.05) is 13.1 Å². The summed E-state index contributed by atoms with van der Waals surface area (Å²) < 4.78 is 0. The van der Waals surface area contributed by atoms with Crippen LogP contribution in [0.2, 0.25) is 0 Å². The molecule has 2 aliphatic heterocycles. The minimum Gasteiger partial charge on any atom is -0.785 e. The third-order valence-corrected chi connectivity index (χ3v) is 5.75. The van der Waals surface area contributed by atoms with Crippen LogP contribution in [0.25, 0.3) is 0 Å². The van der Waals surface area contributed by atoms with Crippen molar-refractivity contribution in [2.24, 2.45) is 17.8 Å². The maximum atomic E-state index is 12.0. The van der Waals surface area contributed by atoms with Crippen LogP contribution in [0.1, 0.15) is 58.3 Å². The number of nitrogens with zero attached hydrogens (tertiary/aromatic N) is 1. The number of piperidine rings is 2. The van der Waals surface area contributed by atoms with Gasteiger partial charge in [-0.3, -0.25) is 0 Å². The molecule has 0 aromatic carbocycles. The highest BCUT2D eigenvalue weighted by atomic mass is 16.5. The summed E-state index contributed by atoms with van der Waals surface area (Å²) >= 11 is 0. The van der Waals surface area contributed by atoms with Crippen LogP contribution in [0.3, 0.4) is 0 Å². The van der Waals surface area contributed by atoms with Crippen molar-refractivity contribution in [3.8, 4) is 0 Å². The van der Waals surface area contributed by atoms with Crippen molar-refractivity contribution in [1.82, 2.24) is 10.4 Å². The Labute approximate surface area is 117 Å². The first kappa shape index (κ1) is 13.8. The van der Waals surface area contributed by atoms with Crippen molar-refractivity contribution in [3.63, 3.8) is 0 Å². The fraction of sp³-hybridized carbons (Fsp3) is 1.00. The molecule has 3 rings (SSSR count). The molecule has 3 nitrogen and oxygen atoms in total. The molecule has 1 unspecified atom stereocenters. The van der Waals surface area contributed by atoms with Crippen LogP contribution in [-0.2, 0) is 0 Å². The van der Waals surface area contributed by atoms with Crippen LogP contribution in [-0.4, -0.2) is 30.2 Å². The van der Waals surface area contributed by atoms with Gasteiger partial charge in [-0.25, -0.2) is 0 Å². The van der Waals surface area contributed by atoms with Gasteiger partial charge in [-0.2, -0.15) is 0 Å². The molecule has 3 fully saturated rings. The maximum absolute atomic E-state index is 12.0. The lowest BCUT2D eigenvalue weighted by molar-refractivity contribution is 0.0708. The third-order valence-electron chi connectivity index (χ3n) is 5.75. The van der Waals surface area contributed by atoms with E-state index in [9.17, 15) is 5.21 Å². The van der Waals surface area contributed by atoms with Crippen molar-refractivity contribution in [2.45, 2.75) is 70.4 Å². The molecule has 19 heavy (non-hydrogen) atoms. The smallest absolute Gasteiger partial charge is 0.0100 e. The average Bonchev–Trinajstić information content (AvgIpc) is 2.41. The van der Waals surface area contributed by atoms with Crippen molar-refractivity contribution < 1.29 is 0 Å². The zero-order valence-corrected chi connectivity index (χ0v) is 12.3. The highest BCUT2D eigenvalue weighted by molar-refractivity contribution is 4.94. The molecule has 2 heterocycles. The van der Waals surface area contributed by atoms with Crippen molar-refractivity contribution >= 4 is 0 Å². The summed E-state index contributed by atoms with van der Waals surface area (Å²) in [5, 5.41) is 17.1. The van der Waals surface area contributed by atoms with Gasteiger partial charge < -0.3 is 15.6 Å². The molecule has 0 amide bonds.